The van der Waals surface area contributed by atoms with Crippen molar-refractivity contribution in [3.63, 3.8) is 0 Å². The Bertz CT molecular complexity index is 716. The quantitative estimate of drug-likeness (QED) is 0.613. The molecule has 0 bridgehead atoms. The highest BCUT2D eigenvalue weighted by Crippen LogP contribution is 2.31. The molecule has 1 amide bonds. The predicted octanol–water partition coefficient (Wildman–Crippen LogP) is 1.70. The number of anilines is 1. The summed E-state index contributed by atoms with van der Waals surface area (Å²) in [5.74, 6) is -1.42. The van der Waals surface area contributed by atoms with Crippen LogP contribution in [0.1, 0.15) is 22.3 Å². The molecule has 0 radical (unpaired) electrons. The van der Waals surface area contributed by atoms with Crippen molar-refractivity contribution in [1.29, 1.82) is 0 Å². The maximum Gasteiger partial charge on any atom is 0.340 e. The maximum absolute atomic E-state index is 12.2. The van der Waals surface area contributed by atoms with E-state index in [9.17, 15) is 18.0 Å². The lowest BCUT2D eigenvalue weighted by molar-refractivity contribution is -0.117. The van der Waals surface area contributed by atoms with Crippen LogP contribution in [0.2, 0.25) is 0 Å². The molecule has 0 saturated carbocycles. The molecule has 1 aliphatic rings. The van der Waals surface area contributed by atoms with Gasteiger partial charge < -0.3 is 9.64 Å². The monoisotopic (exact) mass is 345 g/mol. The smallest absolute Gasteiger partial charge is 0.340 e. The van der Waals surface area contributed by atoms with Gasteiger partial charge in [-0.25, -0.2) is 13.2 Å². The van der Waals surface area contributed by atoms with Crippen molar-refractivity contribution < 1.29 is 22.7 Å². The highest BCUT2D eigenvalue weighted by atomic mass is 35.7. The van der Waals surface area contributed by atoms with Crippen molar-refractivity contribution in [2.75, 3.05) is 24.3 Å². The van der Waals surface area contributed by atoms with E-state index in [1.54, 1.807) is 25.1 Å². The van der Waals surface area contributed by atoms with Crippen LogP contribution in [-0.4, -0.2) is 39.7 Å². The Morgan fingerprint density at radius 3 is 2.73 bits per heavy atom. The van der Waals surface area contributed by atoms with Gasteiger partial charge in [0.2, 0.25) is 15.0 Å². The lowest BCUT2D eigenvalue weighted by Gasteiger charge is -2.20. The number of halogens is 1. The van der Waals surface area contributed by atoms with Crippen molar-refractivity contribution in [1.82, 2.24) is 0 Å². The summed E-state index contributed by atoms with van der Waals surface area (Å²) in [5.41, 5.74) is 1.43. The lowest BCUT2D eigenvalue weighted by atomic mass is 10.1. The third kappa shape index (κ3) is 3.59. The van der Waals surface area contributed by atoms with Crippen LogP contribution in [0.15, 0.2) is 18.2 Å². The highest BCUT2D eigenvalue weighted by Gasteiger charge is 2.35. The lowest BCUT2D eigenvalue weighted by Crippen LogP contribution is -2.27. The zero-order valence-corrected chi connectivity index (χ0v) is 13.8. The number of esters is 1. The largest absolute Gasteiger partial charge is 0.465 e. The number of methoxy groups -OCH3 is 1. The fraction of sp³-hybridized carbons (Fsp3) is 0.429. The molecule has 1 aromatic carbocycles. The zero-order valence-electron chi connectivity index (χ0n) is 12.2. The minimum absolute atomic E-state index is 0.0838. The second-order valence-corrected chi connectivity index (χ2v) is 8.06. The molecule has 0 aromatic heterocycles. The fourth-order valence-corrected chi connectivity index (χ4v) is 3.97. The first-order chi connectivity index (χ1) is 10.2. The SMILES string of the molecule is COC(=O)c1c(C)cccc1N1CC(CS(=O)(=O)Cl)CC1=O. The zero-order chi connectivity index (χ0) is 16.5. The molecule has 1 aliphatic heterocycles. The van der Waals surface area contributed by atoms with E-state index in [1.807, 2.05) is 0 Å². The molecular weight excluding hydrogens is 330 g/mol. The summed E-state index contributed by atoms with van der Waals surface area (Å²) in [6.07, 6.45) is 0.0838. The first kappa shape index (κ1) is 16.8. The van der Waals surface area contributed by atoms with E-state index >= 15 is 0 Å². The molecule has 1 heterocycles. The molecule has 6 nitrogen and oxygen atoms in total. The molecule has 0 N–H and O–H groups in total. The highest BCUT2D eigenvalue weighted by molar-refractivity contribution is 8.13. The molecule has 1 unspecified atom stereocenters. The minimum Gasteiger partial charge on any atom is -0.465 e. The number of benzene rings is 1. The van der Waals surface area contributed by atoms with Gasteiger partial charge in [-0.1, -0.05) is 12.1 Å². The minimum atomic E-state index is -3.67. The van der Waals surface area contributed by atoms with E-state index in [1.165, 1.54) is 12.0 Å². The third-order valence-electron chi connectivity index (χ3n) is 3.57. The van der Waals surface area contributed by atoms with E-state index in [0.29, 0.717) is 16.8 Å². The van der Waals surface area contributed by atoms with E-state index in [4.69, 9.17) is 15.4 Å². The standard InChI is InChI=1S/C14H16ClNO5S/c1-9-4-3-5-11(13(9)14(18)21-2)16-7-10(6-12(16)17)8-22(15,19)20/h3-5,10H,6-8H2,1-2H3. The molecule has 2 rings (SSSR count). The molecule has 1 aromatic rings. The third-order valence-corrected chi connectivity index (χ3v) is 4.82. The summed E-state index contributed by atoms with van der Waals surface area (Å²) in [7, 11) is 2.85. The van der Waals surface area contributed by atoms with Gasteiger partial charge in [-0.3, -0.25) is 4.79 Å². The first-order valence-electron chi connectivity index (χ1n) is 6.63. The van der Waals surface area contributed by atoms with Gasteiger partial charge in [0.05, 0.1) is 24.1 Å². The summed E-state index contributed by atoms with van der Waals surface area (Å²) in [5, 5.41) is 0. The van der Waals surface area contributed by atoms with Crippen LogP contribution < -0.4 is 4.90 Å². The molecule has 0 spiro atoms. The number of ether oxygens (including phenoxy) is 1. The van der Waals surface area contributed by atoms with Crippen molar-refractivity contribution in [3.8, 4) is 0 Å². The van der Waals surface area contributed by atoms with E-state index in [0.717, 1.165) is 0 Å². The molecule has 8 heteroatoms. The van der Waals surface area contributed by atoms with Crippen LogP contribution in [0.25, 0.3) is 0 Å². The molecule has 0 aliphatic carbocycles. The van der Waals surface area contributed by atoms with E-state index < -0.39 is 15.0 Å². The summed E-state index contributed by atoms with van der Waals surface area (Å²) in [6, 6.07) is 5.13. The average Bonchev–Trinajstić information content (AvgIpc) is 2.76. The second-order valence-electron chi connectivity index (χ2n) is 5.24. The van der Waals surface area contributed by atoms with Crippen molar-refractivity contribution in [2.24, 2.45) is 5.92 Å². The number of carbonyl (C=O) groups is 2. The summed E-state index contributed by atoms with van der Waals surface area (Å²) >= 11 is 0. The Hall–Kier alpha value is -1.60. The molecular formula is C14H16ClNO5S. The topological polar surface area (TPSA) is 80.8 Å². The number of amides is 1. The number of aryl methyl sites for hydroxylation is 1. The van der Waals surface area contributed by atoms with Gasteiger partial charge in [0.1, 0.15) is 0 Å². The molecule has 22 heavy (non-hydrogen) atoms. The average molecular weight is 346 g/mol. The Morgan fingerprint density at radius 1 is 1.45 bits per heavy atom. The Labute approximate surface area is 133 Å². The van der Waals surface area contributed by atoms with Gasteiger partial charge in [-0.05, 0) is 18.6 Å². The van der Waals surface area contributed by atoms with Crippen LogP contribution >= 0.6 is 10.7 Å². The van der Waals surface area contributed by atoms with Crippen molar-refractivity contribution in [2.45, 2.75) is 13.3 Å². The predicted molar refractivity (Wildman–Crippen MR) is 82.6 cm³/mol. The van der Waals surface area contributed by atoms with Crippen LogP contribution in [0, 0.1) is 12.8 Å². The number of hydrogen-bond donors (Lipinski definition) is 0. The number of nitrogens with zero attached hydrogens (tertiary/aromatic N) is 1. The van der Waals surface area contributed by atoms with Gasteiger partial charge in [0.15, 0.2) is 0 Å². The molecule has 1 fully saturated rings. The maximum atomic E-state index is 12.2. The number of carbonyl (C=O) groups excluding carboxylic acids is 2. The normalized spacial score (nSPS) is 18.6. The van der Waals surface area contributed by atoms with Gasteiger partial charge in [-0.15, -0.1) is 0 Å². The number of rotatable bonds is 4. The second kappa shape index (κ2) is 6.26. The number of hydrogen-bond acceptors (Lipinski definition) is 5. The fourth-order valence-electron chi connectivity index (χ4n) is 2.65. The Balaban J connectivity index is 2.35. The van der Waals surface area contributed by atoms with Gasteiger partial charge in [0.25, 0.3) is 0 Å². The molecule has 1 saturated heterocycles. The van der Waals surface area contributed by atoms with Crippen LogP contribution in [-0.2, 0) is 18.6 Å². The van der Waals surface area contributed by atoms with Crippen molar-refractivity contribution >= 4 is 37.3 Å². The van der Waals surface area contributed by atoms with Crippen LogP contribution in [0.3, 0.4) is 0 Å². The van der Waals surface area contributed by atoms with E-state index in [-0.39, 0.29) is 30.5 Å². The Morgan fingerprint density at radius 2 is 2.14 bits per heavy atom. The molecule has 1 atom stereocenters. The van der Waals surface area contributed by atoms with Crippen molar-refractivity contribution in [3.05, 3.63) is 29.3 Å². The van der Waals surface area contributed by atoms with Gasteiger partial charge in [0, 0.05) is 29.6 Å². The molecule has 120 valence electrons. The summed E-state index contributed by atoms with van der Waals surface area (Å²) in [4.78, 5) is 25.6. The summed E-state index contributed by atoms with van der Waals surface area (Å²) in [6.45, 7) is 1.95. The van der Waals surface area contributed by atoms with E-state index in [2.05, 4.69) is 0 Å². The van der Waals surface area contributed by atoms with Gasteiger partial charge >= 0.3 is 5.97 Å². The van der Waals surface area contributed by atoms with Crippen LogP contribution in [0.5, 0.6) is 0 Å². The summed E-state index contributed by atoms with van der Waals surface area (Å²) < 4.78 is 27.1. The Kier molecular flexibility index (Phi) is 4.77. The van der Waals surface area contributed by atoms with Gasteiger partial charge in [-0.2, -0.15) is 0 Å². The van der Waals surface area contributed by atoms with Crippen LogP contribution in [0.4, 0.5) is 5.69 Å². The first-order valence-corrected chi connectivity index (χ1v) is 9.11.